The summed E-state index contributed by atoms with van der Waals surface area (Å²) < 4.78 is 5.67. The summed E-state index contributed by atoms with van der Waals surface area (Å²) in [6.07, 6.45) is 3.82. The zero-order valence-corrected chi connectivity index (χ0v) is 12.3. The summed E-state index contributed by atoms with van der Waals surface area (Å²) in [5, 5.41) is 3.33. The van der Waals surface area contributed by atoms with E-state index in [4.69, 9.17) is 4.74 Å². The van der Waals surface area contributed by atoms with E-state index in [2.05, 4.69) is 32.2 Å². The number of benzene rings is 1. The molecule has 1 fully saturated rings. The summed E-state index contributed by atoms with van der Waals surface area (Å²) >= 11 is 0. The second-order valence-corrected chi connectivity index (χ2v) is 5.85. The first-order valence-corrected chi connectivity index (χ1v) is 6.81. The zero-order chi connectivity index (χ0) is 13.3. The van der Waals surface area contributed by atoms with Crippen molar-refractivity contribution < 1.29 is 4.74 Å². The van der Waals surface area contributed by atoms with Gasteiger partial charge in [-0.25, -0.2) is 0 Å². The lowest BCUT2D eigenvalue weighted by Crippen LogP contribution is -2.22. The van der Waals surface area contributed by atoms with Crippen molar-refractivity contribution in [1.82, 2.24) is 5.32 Å². The molecular weight excluding hydrogens is 222 g/mol. The first kappa shape index (κ1) is 13.4. The first-order chi connectivity index (χ1) is 8.53. The highest BCUT2D eigenvalue weighted by molar-refractivity contribution is 5.50. The van der Waals surface area contributed by atoms with Crippen LogP contribution in [0.2, 0.25) is 0 Å². The van der Waals surface area contributed by atoms with Crippen molar-refractivity contribution in [1.29, 1.82) is 0 Å². The van der Waals surface area contributed by atoms with E-state index in [0.29, 0.717) is 5.41 Å². The Labute approximate surface area is 111 Å². The fraction of sp³-hybridized carbons (Fsp3) is 0.625. The molecule has 100 valence electrons. The molecule has 0 spiro atoms. The van der Waals surface area contributed by atoms with Gasteiger partial charge in [0.25, 0.3) is 0 Å². The van der Waals surface area contributed by atoms with Crippen molar-refractivity contribution in [2.75, 3.05) is 20.7 Å². The highest BCUT2D eigenvalue weighted by Gasteiger charge is 2.42. The van der Waals surface area contributed by atoms with Crippen molar-refractivity contribution in [3.8, 4) is 5.75 Å². The lowest BCUT2D eigenvalue weighted by Gasteiger charge is -2.21. The maximum absolute atomic E-state index is 5.67. The van der Waals surface area contributed by atoms with Crippen LogP contribution in [-0.2, 0) is 6.42 Å². The van der Waals surface area contributed by atoms with Crippen molar-refractivity contribution >= 4 is 0 Å². The van der Waals surface area contributed by atoms with E-state index in [1.165, 1.54) is 35.1 Å². The smallest absolute Gasteiger partial charge is 0.125 e. The third kappa shape index (κ3) is 2.39. The monoisotopic (exact) mass is 247 g/mol. The van der Waals surface area contributed by atoms with E-state index in [1.54, 1.807) is 7.11 Å². The molecule has 0 aromatic heterocycles. The quantitative estimate of drug-likeness (QED) is 0.863. The minimum Gasteiger partial charge on any atom is -0.496 e. The van der Waals surface area contributed by atoms with Gasteiger partial charge in [-0.1, -0.05) is 6.07 Å². The SMILES string of the molecule is CNCC1(Cc2c(C)cc(C)c(C)c2OC)CC1. The van der Waals surface area contributed by atoms with E-state index < -0.39 is 0 Å². The van der Waals surface area contributed by atoms with Gasteiger partial charge >= 0.3 is 0 Å². The van der Waals surface area contributed by atoms with Gasteiger partial charge in [-0.05, 0) is 74.8 Å². The van der Waals surface area contributed by atoms with Crippen molar-refractivity contribution in [2.24, 2.45) is 5.41 Å². The molecule has 1 aromatic rings. The van der Waals surface area contributed by atoms with Gasteiger partial charge in [0, 0.05) is 6.54 Å². The summed E-state index contributed by atoms with van der Waals surface area (Å²) in [5.74, 6) is 1.11. The Hall–Kier alpha value is -1.02. The van der Waals surface area contributed by atoms with Gasteiger partial charge < -0.3 is 10.1 Å². The molecule has 0 atom stereocenters. The van der Waals surface area contributed by atoms with E-state index in [-0.39, 0.29) is 0 Å². The van der Waals surface area contributed by atoms with Crippen LogP contribution in [0.1, 0.15) is 35.1 Å². The standard InChI is InChI=1S/C16H25NO/c1-11-8-12(2)14(15(18-5)13(11)3)9-16(6-7-16)10-17-4/h8,17H,6-7,9-10H2,1-5H3. The van der Waals surface area contributed by atoms with Crippen LogP contribution in [-0.4, -0.2) is 20.7 Å². The molecule has 0 unspecified atom stereocenters. The van der Waals surface area contributed by atoms with Crippen LogP contribution in [0.4, 0.5) is 0 Å². The predicted octanol–water partition coefficient (Wildman–Crippen LogP) is 3.16. The molecule has 1 aromatic carbocycles. The van der Waals surface area contributed by atoms with Crippen molar-refractivity contribution in [3.05, 3.63) is 28.3 Å². The number of aryl methyl sites for hydroxylation is 2. The van der Waals surface area contributed by atoms with Crippen molar-refractivity contribution in [2.45, 2.75) is 40.0 Å². The molecule has 2 rings (SSSR count). The molecule has 0 amide bonds. The largest absolute Gasteiger partial charge is 0.496 e. The van der Waals surface area contributed by atoms with E-state index in [9.17, 15) is 0 Å². The Morgan fingerprint density at radius 1 is 1.22 bits per heavy atom. The predicted molar refractivity (Wildman–Crippen MR) is 76.5 cm³/mol. The molecule has 2 nitrogen and oxygen atoms in total. The van der Waals surface area contributed by atoms with Gasteiger partial charge in [0.1, 0.15) is 5.75 Å². The molecule has 18 heavy (non-hydrogen) atoms. The highest BCUT2D eigenvalue weighted by Crippen LogP contribution is 2.49. The first-order valence-electron chi connectivity index (χ1n) is 6.81. The van der Waals surface area contributed by atoms with Crippen LogP contribution in [0, 0.1) is 26.2 Å². The van der Waals surface area contributed by atoms with Crippen molar-refractivity contribution in [3.63, 3.8) is 0 Å². The van der Waals surface area contributed by atoms with E-state index in [1.807, 2.05) is 7.05 Å². The molecule has 0 saturated heterocycles. The molecule has 0 heterocycles. The molecule has 1 aliphatic carbocycles. The minimum atomic E-state index is 0.481. The Kier molecular flexibility index (Phi) is 3.67. The number of nitrogens with one attached hydrogen (secondary N) is 1. The fourth-order valence-electron chi connectivity index (χ4n) is 2.94. The Morgan fingerprint density at radius 3 is 2.39 bits per heavy atom. The normalized spacial score (nSPS) is 16.7. The molecular formula is C16H25NO. The van der Waals surface area contributed by atoms with E-state index in [0.717, 1.165) is 18.7 Å². The molecule has 1 aliphatic rings. The Morgan fingerprint density at radius 2 is 1.89 bits per heavy atom. The lowest BCUT2D eigenvalue weighted by molar-refractivity contribution is 0.395. The maximum Gasteiger partial charge on any atom is 0.125 e. The topological polar surface area (TPSA) is 21.3 Å². The number of rotatable bonds is 5. The zero-order valence-electron chi connectivity index (χ0n) is 12.3. The van der Waals surface area contributed by atoms with Gasteiger partial charge in [-0.3, -0.25) is 0 Å². The third-order valence-corrected chi connectivity index (χ3v) is 4.38. The average Bonchev–Trinajstić information content (AvgIpc) is 3.07. The van der Waals surface area contributed by atoms with Crippen LogP contribution in [0.5, 0.6) is 5.75 Å². The number of hydrogen-bond acceptors (Lipinski definition) is 2. The number of ether oxygens (including phenoxy) is 1. The van der Waals surface area contributed by atoms with Crippen LogP contribution < -0.4 is 10.1 Å². The average molecular weight is 247 g/mol. The van der Waals surface area contributed by atoms with Gasteiger partial charge in [-0.2, -0.15) is 0 Å². The fourth-order valence-corrected chi connectivity index (χ4v) is 2.94. The van der Waals surface area contributed by atoms with Gasteiger partial charge in [0.15, 0.2) is 0 Å². The van der Waals surface area contributed by atoms with Crippen LogP contribution in [0.15, 0.2) is 6.07 Å². The number of hydrogen-bond donors (Lipinski definition) is 1. The molecule has 0 aliphatic heterocycles. The van der Waals surface area contributed by atoms with Gasteiger partial charge in [0.2, 0.25) is 0 Å². The van der Waals surface area contributed by atoms with Crippen LogP contribution in [0.3, 0.4) is 0 Å². The van der Waals surface area contributed by atoms with Gasteiger partial charge in [0.05, 0.1) is 7.11 Å². The second kappa shape index (κ2) is 4.93. The minimum absolute atomic E-state index is 0.481. The van der Waals surface area contributed by atoms with Crippen LogP contribution >= 0.6 is 0 Å². The maximum atomic E-state index is 5.67. The van der Waals surface area contributed by atoms with Gasteiger partial charge in [-0.15, -0.1) is 0 Å². The molecule has 1 saturated carbocycles. The summed E-state index contributed by atoms with van der Waals surface area (Å²) in [5.41, 5.74) is 5.88. The molecule has 0 radical (unpaired) electrons. The Balaban J connectivity index is 2.35. The summed E-state index contributed by atoms with van der Waals surface area (Å²) in [7, 11) is 3.84. The highest BCUT2D eigenvalue weighted by atomic mass is 16.5. The lowest BCUT2D eigenvalue weighted by atomic mass is 9.90. The molecule has 2 heteroatoms. The summed E-state index contributed by atoms with van der Waals surface area (Å²) in [6, 6.07) is 2.29. The number of methoxy groups -OCH3 is 1. The Bertz CT molecular complexity index is 447. The molecule has 0 bridgehead atoms. The molecule has 1 N–H and O–H groups in total. The summed E-state index contributed by atoms with van der Waals surface area (Å²) in [4.78, 5) is 0. The second-order valence-electron chi connectivity index (χ2n) is 5.85. The summed E-state index contributed by atoms with van der Waals surface area (Å²) in [6.45, 7) is 7.64. The van der Waals surface area contributed by atoms with E-state index >= 15 is 0 Å². The van der Waals surface area contributed by atoms with Crippen LogP contribution in [0.25, 0.3) is 0 Å². The third-order valence-electron chi connectivity index (χ3n) is 4.38.